The fourth-order valence-corrected chi connectivity index (χ4v) is 3.60. The van der Waals surface area contributed by atoms with Gasteiger partial charge in [0.1, 0.15) is 34.4 Å². The van der Waals surface area contributed by atoms with Crippen LogP contribution in [-0.2, 0) is 11.8 Å². The fourth-order valence-electron chi connectivity index (χ4n) is 2.62. The van der Waals surface area contributed by atoms with Crippen LogP contribution in [0.3, 0.4) is 0 Å². The number of hydrogen-bond donors (Lipinski definition) is 2. The number of carbonyl (C=O) groups excluding carboxylic acids is 1. The lowest BCUT2D eigenvalue weighted by molar-refractivity contribution is -0.730. The second-order valence-corrected chi connectivity index (χ2v) is 7.32. The number of rotatable bonds is 5. The predicted molar refractivity (Wildman–Crippen MR) is 105 cm³/mol. The lowest BCUT2D eigenvalue weighted by atomic mass is 10.0. The topological polar surface area (TPSA) is 169 Å². The van der Waals surface area contributed by atoms with E-state index in [0.29, 0.717) is 0 Å². The first-order valence-electron chi connectivity index (χ1n) is 8.31. The molecule has 0 aliphatic heterocycles. The molecule has 3 rings (SSSR count). The van der Waals surface area contributed by atoms with Crippen LogP contribution >= 0.6 is 23.4 Å². The molecule has 0 aliphatic rings. The van der Waals surface area contributed by atoms with Gasteiger partial charge in [0.2, 0.25) is 5.91 Å². The summed E-state index contributed by atoms with van der Waals surface area (Å²) in [5, 5.41) is 37.1. The molecular formula is C18H11ClFN7O3S. The van der Waals surface area contributed by atoms with Gasteiger partial charge in [0.25, 0.3) is 5.69 Å². The van der Waals surface area contributed by atoms with Crippen molar-refractivity contribution < 1.29 is 23.5 Å². The highest BCUT2D eigenvalue weighted by Gasteiger charge is 2.29. The zero-order chi connectivity index (χ0) is 22.7. The molecule has 0 saturated heterocycles. The summed E-state index contributed by atoms with van der Waals surface area (Å²) in [7, 11) is 1.40. The van der Waals surface area contributed by atoms with Crippen molar-refractivity contribution in [3.63, 3.8) is 0 Å². The number of thioether (sulfide) groups is 1. The summed E-state index contributed by atoms with van der Waals surface area (Å²) in [5.74, 6) is -2.44. The molecule has 0 saturated carbocycles. The van der Waals surface area contributed by atoms with Gasteiger partial charge >= 0.3 is 0 Å². The first-order valence-corrected chi connectivity index (χ1v) is 9.67. The summed E-state index contributed by atoms with van der Waals surface area (Å²) < 4.78 is 18.9. The zero-order valence-corrected chi connectivity index (χ0v) is 17.2. The molecule has 0 radical (unpaired) electrons. The number of aryl methyl sites for hydroxylation is 1. The zero-order valence-electron chi connectivity index (χ0n) is 15.6. The maximum absolute atomic E-state index is 13.2. The molecule has 31 heavy (non-hydrogen) atoms. The Labute approximate surface area is 183 Å². The van der Waals surface area contributed by atoms with Gasteiger partial charge in [0.05, 0.1) is 27.2 Å². The Morgan fingerprint density at radius 2 is 2.13 bits per heavy atom. The molecule has 3 aromatic rings. The molecule has 1 aromatic carbocycles. The predicted octanol–water partition coefficient (Wildman–Crippen LogP) is 1.48. The first kappa shape index (κ1) is 21.8. The number of hydrogen-bond acceptors (Lipinski definition) is 9. The number of nitriles is 2. The highest BCUT2D eigenvalue weighted by atomic mass is 35.5. The van der Waals surface area contributed by atoms with E-state index in [1.54, 1.807) is 0 Å². The Bertz CT molecular complexity index is 1260. The lowest BCUT2D eigenvalue weighted by Gasteiger charge is -2.11. The van der Waals surface area contributed by atoms with Crippen molar-refractivity contribution in [3.8, 4) is 29.3 Å². The summed E-state index contributed by atoms with van der Waals surface area (Å²) >= 11 is 6.55. The molecule has 0 aliphatic carbocycles. The van der Waals surface area contributed by atoms with Gasteiger partial charge in [-0.15, -0.1) is 0 Å². The minimum atomic E-state index is -0.872. The highest BCUT2D eigenvalue weighted by Crippen LogP contribution is 2.36. The van der Waals surface area contributed by atoms with E-state index in [9.17, 15) is 24.8 Å². The number of nitrogens with two attached hydrogens (primary N) is 1. The van der Waals surface area contributed by atoms with Crippen LogP contribution in [-0.4, -0.2) is 21.9 Å². The van der Waals surface area contributed by atoms with Crippen LogP contribution in [0.2, 0.25) is 5.02 Å². The molecule has 13 heteroatoms. The quantitative estimate of drug-likeness (QED) is 0.423. The van der Waals surface area contributed by atoms with Crippen LogP contribution in [0.4, 0.5) is 15.9 Å². The van der Waals surface area contributed by atoms with Gasteiger partial charge in [-0.25, -0.2) is 9.37 Å². The van der Waals surface area contributed by atoms with Gasteiger partial charge in [-0.05, 0) is 18.2 Å². The largest absolute Gasteiger partial charge is 0.539 e. The number of aromatic nitrogens is 3. The molecule has 0 atom stereocenters. The van der Waals surface area contributed by atoms with E-state index >= 15 is 0 Å². The number of anilines is 2. The third-order valence-electron chi connectivity index (χ3n) is 3.96. The van der Waals surface area contributed by atoms with E-state index in [1.165, 1.54) is 19.2 Å². The molecule has 0 fully saturated rings. The Kier molecular flexibility index (Phi) is 6.25. The summed E-state index contributed by atoms with van der Waals surface area (Å²) in [6, 6.07) is 7.41. The van der Waals surface area contributed by atoms with E-state index in [1.807, 2.05) is 12.1 Å². The van der Waals surface area contributed by atoms with E-state index in [-0.39, 0.29) is 49.7 Å². The van der Waals surface area contributed by atoms with Gasteiger partial charge < -0.3 is 20.7 Å². The molecule has 0 unspecified atom stereocenters. The lowest BCUT2D eigenvalue weighted by Crippen LogP contribution is -2.32. The monoisotopic (exact) mass is 459 g/mol. The average Bonchev–Trinajstić information content (AvgIpc) is 3.06. The van der Waals surface area contributed by atoms with Crippen LogP contribution in [0, 0.1) is 28.5 Å². The minimum Gasteiger partial charge on any atom is -0.539 e. The highest BCUT2D eigenvalue weighted by molar-refractivity contribution is 8.00. The van der Waals surface area contributed by atoms with Crippen molar-refractivity contribution in [2.75, 3.05) is 16.8 Å². The Balaban J connectivity index is 1.93. The molecule has 3 N–H and O–H groups in total. The number of amides is 1. The second-order valence-electron chi connectivity index (χ2n) is 5.95. The molecule has 10 nitrogen and oxygen atoms in total. The van der Waals surface area contributed by atoms with Gasteiger partial charge in [-0.1, -0.05) is 28.0 Å². The minimum absolute atomic E-state index is 0.0295. The second kappa shape index (κ2) is 8.87. The number of carbonyl (C=O) groups is 1. The number of pyridine rings is 1. The summed E-state index contributed by atoms with van der Waals surface area (Å²) in [4.78, 5) is 16.3. The van der Waals surface area contributed by atoms with Crippen LogP contribution in [0.15, 0.2) is 27.7 Å². The van der Waals surface area contributed by atoms with Crippen molar-refractivity contribution in [3.05, 3.63) is 40.2 Å². The fraction of sp³-hybridized carbons (Fsp3) is 0.111. The number of nitrogens with one attached hydrogen (secondary N) is 1. The molecular weight excluding hydrogens is 449 g/mol. The van der Waals surface area contributed by atoms with Crippen LogP contribution < -0.4 is 20.8 Å². The number of nitrogens with zero attached hydrogens (tertiary/aromatic N) is 5. The summed E-state index contributed by atoms with van der Waals surface area (Å²) in [6.07, 6.45) is 0. The number of nitrogen functional groups attached to an aromatic ring is 1. The molecule has 2 heterocycles. The molecule has 1 amide bonds. The maximum Gasteiger partial charge on any atom is 0.266 e. The van der Waals surface area contributed by atoms with Crippen LogP contribution in [0.1, 0.15) is 11.1 Å². The van der Waals surface area contributed by atoms with Crippen molar-refractivity contribution in [1.29, 1.82) is 10.5 Å². The van der Waals surface area contributed by atoms with Gasteiger partial charge in [-0.2, -0.15) is 10.5 Å². The Morgan fingerprint density at radius 1 is 1.42 bits per heavy atom. The van der Waals surface area contributed by atoms with Crippen molar-refractivity contribution >= 4 is 40.8 Å². The SMILES string of the molecule is C[n+]1noc([O-])c1-c1c(C#N)c(N)nc(SCC(=O)Nc2ccc(F)c(Cl)c2)c1C#N. The average molecular weight is 460 g/mol. The third-order valence-corrected chi connectivity index (χ3v) is 5.22. The summed E-state index contributed by atoms with van der Waals surface area (Å²) in [6.45, 7) is 0. The van der Waals surface area contributed by atoms with E-state index < -0.39 is 17.7 Å². The van der Waals surface area contributed by atoms with Crippen molar-refractivity contribution in [2.24, 2.45) is 7.05 Å². The maximum atomic E-state index is 13.2. The van der Waals surface area contributed by atoms with E-state index in [0.717, 1.165) is 22.5 Å². The first-order chi connectivity index (χ1) is 14.8. The number of benzene rings is 1. The molecule has 0 spiro atoms. The van der Waals surface area contributed by atoms with E-state index in [4.69, 9.17) is 17.3 Å². The molecule has 2 aromatic heterocycles. The normalized spacial score (nSPS) is 10.4. The number of halogens is 2. The molecule has 0 bridgehead atoms. The van der Waals surface area contributed by atoms with Crippen molar-refractivity contribution in [2.45, 2.75) is 5.03 Å². The van der Waals surface area contributed by atoms with Gasteiger partial charge in [0.15, 0.2) is 13.0 Å². The standard InChI is InChI=1S/C18H11ClFN7O3S/c1-27-15(18(29)30-26-27)14-9(5-21)16(23)25-17(10(14)6-22)31-7-13(28)24-8-2-3-12(20)11(19)4-8/h2-4H,7H2,1H3,(H3-,23,24,25,26,28,29). The smallest absolute Gasteiger partial charge is 0.266 e. The third kappa shape index (κ3) is 4.35. The Morgan fingerprint density at radius 3 is 2.71 bits per heavy atom. The van der Waals surface area contributed by atoms with Crippen molar-refractivity contribution in [1.82, 2.24) is 10.3 Å². The van der Waals surface area contributed by atoms with Crippen LogP contribution in [0.5, 0.6) is 5.95 Å². The van der Waals surface area contributed by atoms with E-state index in [2.05, 4.69) is 20.1 Å². The summed E-state index contributed by atoms with van der Waals surface area (Å²) in [5.41, 5.74) is 5.56. The molecule has 156 valence electrons. The Hall–Kier alpha value is -3.87. The van der Waals surface area contributed by atoms with Gasteiger partial charge in [-0.3, -0.25) is 4.79 Å². The van der Waals surface area contributed by atoms with Crippen LogP contribution in [0.25, 0.3) is 11.3 Å². The van der Waals surface area contributed by atoms with Gasteiger partial charge in [0, 0.05) is 5.69 Å².